The van der Waals surface area contributed by atoms with Crippen molar-refractivity contribution in [2.24, 2.45) is 0 Å². The van der Waals surface area contributed by atoms with Gasteiger partial charge in [0.15, 0.2) is 0 Å². The van der Waals surface area contributed by atoms with Gasteiger partial charge in [0.05, 0.1) is 12.1 Å². The quantitative estimate of drug-likeness (QED) is 0.540. The Hall–Kier alpha value is -2.58. The Balaban J connectivity index is 1.59. The lowest BCUT2D eigenvalue weighted by molar-refractivity contribution is -0.0227. The van der Waals surface area contributed by atoms with E-state index in [1.807, 2.05) is 48.5 Å². The first-order chi connectivity index (χ1) is 13.2. The second kappa shape index (κ2) is 7.58. The molecule has 0 bridgehead atoms. The monoisotopic (exact) mass is 367 g/mol. The Morgan fingerprint density at radius 1 is 1.00 bits per heavy atom. The summed E-state index contributed by atoms with van der Waals surface area (Å²) in [5.74, 6) is 0.719. The third-order valence-electron chi connectivity index (χ3n) is 4.83. The van der Waals surface area contributed by atoms with Crippen LogP contribution in [0.1, 0.15) is 17.2 Å². The number of hydrogen-bond acceptors (Lipinski definition) is 7. The van der Waals surface area contributed by atoms with E-state index in [2.05, 4.69) is 15.3 Å². The minimum Gasteiger partial charge on any atom is -0.394 e. The molecule has 1 aliphatic rings. The van der Waals surface area contributed by atoms with Gasteiger partial charge in [-0.05, 0) is 23.3 Å². The summed E-state index contributed by atoms with van der Waals surface area (Å²) in [7, 11) is 0. The van der Waals surface area contributed by atoms with Crippen LogP contribution < -0.4 is 5.32 Å². The van der Waals surface area contributed by atoms with Crippen molar-refractivity contribution in [3.63, 3.8) is 0 Å². The average Bonchev–Trinajstić information content (AvgIpc) is 3.01. The highest BCUT2D eigenvalue weighted by atomic mass is 16.6. The van der Waals surface area contributed by atoms with Crippen LogP contribution in [0.4, 0.5) is 5.82 Å². The number of aromatic nitrogens is 2. The van der Waals surface area contributed by atoms with Crippen molar-refractivity contribution < 1.29 is 20.1 Å². The van der Waals surface area contributed by atoms with E-state index in [-0.39, 0.29) is 6.61 Å². The molecule has 0 aliphatic carbocycles. The lowest BCUT2D eigenvalue weighted by atomic mass is 10.0. The summed E-state index contributed by atoms with van der Waals surface area (Å²) in [6.07, 6.45) is -2.25. The fourth-order valence-electron chi connectivity index (χ4n) is 3.35. The first-order valence-corrected chi connectivity index (χ1v) is 8.82. The van der Waals surface area contributed by atoms with Gasteiger partial charge in [0.2, 0.25) is 0 Å². The van der Waals surface area contributed by atoms with E-state index in [0.29, 0.717) is 17.6 Å². The van der Waals surface area contributed by atoms with Gasteiger partial charge in [-0.2, -0.15) is 0 Å². The molecule has 0 radical (unpaired) electrons. The van der Waals surface area contributed by atoms with Gasteiger partial charge < -0.3 is 25.4 Å². The molecule has 1 aliphatic heterocycles. The normalized spacial score (nSPS) is 25.0. The second-order valence-electron chi connectivity index (χ2n) is 6.60. The number of aliphatic hydroxyl groups is 3. The Kier molecular flexibility index (Phi) is 5.00. The molecule has 140 valence electrons. The number of benzene rings is 2. The molecule has 7 heteroatoms. The van der Waals surface area contributed by atoms with Crippen molar-refractivity contribution in [1.82, 2.24) is 9.97 Å². The van der Waals surface area contributed by atoms with Gasteiger partial charge in [0, 0.05) is 11.9 Å². The predicted molar refractivity (Wildman–Crippen MR) is 100 cm³/mol. The Labute approximate surface area is 156 Å². The van der Waals surface area contributed by atoms with Gasteiger partial charge in [-0.25, -0.2) is 9.97 Å². The SMILES string of the molecule is OC[C@H]1OC(c2ccc3c(NCc4ccccc4)ncnc3c2)[C@H](O)[C@@H]1O. The maximum Gasteiger partial charge on any atom is 0.137 e. The van der Waals surface area contributed by atoms with Crippen molar-refractivity contribution in [2.45, 2.75) is 31.0 Å². The lowest BCUT2D eigenvalue weighted by Crippen LogP contribution is -2.32. The van der Waals surface area contributed by atoms with E-state index in [0.717, 1.165) is 16.8 Å². The highest BCUT2D eigenvalue weighted by molar-refractivity contribution is 5.89. The minimum absolute atomic E-state index is 0.349. The molecule has 1 saturated heterocycles. The van der Waals surface area contributed by atoms with Gasteiger partial charge in [-0.3, -0.25) is 0 Å². The molecule has 2 heterocycles. The maximum absolute atomic E-state index is 10.2. The summed E-state index contributed by atoms with van der Waals surface area (Å²) < 4.78 is 5.60. The van der Waals surface area contributed by atoms with Gasteiger partial charge in [0.1, 0.15) is 36.6 Å². The van der Waals surface area contributed by atoms with E-state index < -0.39 is 24.4 Å². The Bertz CT molecular complexity index is 922. The van der Waals surface area contributed by atoms with Crippen LogP contribution in [0.2, 0.25) is 0 Å². The van der Waals surface area contributed by atoms with Crippen LogP contribution in [-0.4, -0.2) is 50.2 Å². The van der Waals surface area contributed by atoms with Crippen LogP contribution in [0.15, 0.2) is 54.9 Å². The Morgan fingerprint density at radius 2 is 1.81 bits per heavy atom. The number of aliphatic hydroxyl groups excluding tert-OH is 3. The smallest absolute Gasteiger partial charge is 0.137 e. The topological polar surface area (TPSA) is 108 Å². The predicted octanol–water partition coefficient (Wildman–Crippen LogP) is 1.40. The summed E-state index contributed by atoms with van der Waals surface area (Å²) in [4.78, 5) is 8.64. The first kappa shape index (κ1) is 17.8. The molecule has 7 nitrogen and oxygen atoms in total. The molecule has 4 rings (SSSR count). The number of nitrogens with zero attached hydrogens (tertiary/aromatic N) is 2. The zero-order chi connectivity index (χ0) is 18.8. The number of fused-ring (bicyclic) bond motifs is 1. The molecule has 1 aromatic heterocycles. The molecular weight excluding hydrogens is 346 g/mol. The molecule has 1 unspecified atom stereocenters. The van der Waals surface area contributed by atoms with Crippen LogP contribution >= 0.6 is 0 Å². The zero-order valence-electron chi connectivity index (χ0n) is 14.6. The fraction of sp³-hybridized carbons (Fsp3) is 0.300. The standard InChI is InChI=1S/C20H21N3O4/c24-10-16-17(25)18(26)19(27-16)13-6-7-14-15(8-13)22-11-23-20(14)21-9-12-4-2-1-3-5-12/h1-8,11,16-19,24-26H,9-10H2,(H,21,22,23)/t16-,17-,18-,19?/m1/s1. The van der Waals surface area contributed by atoms with Crippen LogP contribution in [0.3, 0.4) is 0 Å². The van der Waals surface area contributed by atoms with Crippen LogP contribution in [0.25, 0.3) is 10.9 Å². The van der Waals surface area contributed by atoms with E-state index in [1.54, 1.807) is 0 Å². The molecule has 0 amide bonds. The summed E-state index contributed by atoms with van der Waals surface area (Å²) in [6, 6.07) is 15.5. The highest BCUT2D eigenvalue weighted by Gasteiger charge is 2.43. The molecule has 27 heavy (non-hydrogen) atoms. The highest BCUT2D eigenvalue weighted by Crippen LogP contribution is 2.35. The molecule has 4 atom stereocenters. The van der Waals surface area contributed by atoms with Gasteiger partial charge >= 0.3 is 0 Å². The lowest BCUT2D eigenvalue weighted by Gasteiger charge is -2.16. The molecular formula is C20H21N3O4. The average molecular weight is 367 g/mol. The number of ether oxygens (including phenoxy) is 1. The third-order valence-corrected chi connectivity index (χ3v) is 4.83. The summed E-state index contributed by atoms with van der Waals surface area (Å²) in [5.41, 5.74) is 2.54. The molecule has 1 fully saturated rings. The number of hydrogen-bond donors (Lipinski definition) is 4. The number of rotatable bonds is 5. The Morgan fingerprint density at radius 3 is 2.56 bits per heavy atom. The fourth-order valence-corrected chi connectivity index (χ4v) is 3.35. The van der Waals surface area contributed by atoms with Gasteiger partial charge in [-0.1, -0.05) is 36.4 Å². The third kappa shape index (κ3) is 3.50. The minimum atomic E-state index is -1.12. The van der Waals surface area contributed by atoms with E-state index in [4.69, 9.17) is 4.74 Å². The van der Waals surface area contributed by atoms with Gasteiger partial charge in [0.25, 0.3) is 0 Å². The van der Waals surface area contributed by atoms with Crippen LogP contribution in [0, 0.1) is 0 Å². The summed E-state index contributed by atoms with van der Waals surface area (Å²) in [6.45, 7) is 0.293. The van der Waals surface area contributed by atoms with Gasteiger partial charge in [-0.15, -0.1) is 0 Å². The van der Waals surface area contributed by atoms with Crippen molar-refractivity contribution in [3.05, 3.63) is 66.0 Å². The van der Waals surface area contributed by atoms with Crippen LogP contribution in [-0.2, 0) is 11.3 Å². The zero-order valence-corrected chi connectivity index (χ0v) is 14.6. The van der Waals surface area contributed by atoms with Crippen LogP contribution in [0.5, 0.6) is 0 Å². The molecule has 3 aromatic rings. The van der Waals surface area contributed by atoms with Crippen molar-refractivity contribution in [3.8, 4) is 0 Å². The van der Waals surface area contributed by atoms with Crippen molar-refractivity contribution in [1.29, 1.82) is 0 Å². The second-order valence-corrected chi connectivity index (χ2v) is 6.60. The molecule has 0 saturated carbocycles. The molecule has 2 aromatic carbocycles. The summed E-state index contributed by atoms with van der Waals surface area (Å²) in [5, 5.41) is 33.6. The van der Waals surface area contributed by atoms with Crippen molar-refractivity contribution >= 4 is 16.7 Å². The molecule has 0 spiro atoms. The summed E-state index contributed by atoms with van der Waals surface area (Å²) >= 11 is 0. The van der Waals surface area contributed by atoms with E-state index >= 15 is 0 Å². The van der Waals surface area contributed by atoms with E-state index in [1.165, 1.54) is 6.33 Å². The largest absolute Gasteiger partial charge is 0.394 e. The number of nitrogens with one attached hydrogen (secondary N) is 1. The van der Waals surface area contributed by atoms with E-state index in [9.17, 15) is 15.3 Å². The number of anilines is 1. The van der Waals surface area contributed by atoms with Crippen molar-refractivity contribution in [2.75, 3.05) is 11.9 Å². The first-order valence-electron chi connectivity index (χ1n) is 8.82. The molecule has 4 N–H and O–H groups in total. The maximum atomic E-state index is 10.2.